The number of H-pyrrole nitrogens is 1. The number of aromatic amines is 1. The summed E-state index contributed by atoms with van der Waals surface area (Å²) in [6.07, 6.45) is 5.08. The van der Waals surface area contributed by atoms with Crippen LogP contribution in [0.25, 0.3) is 0 Å². The number of nitrogens with zero attached hydrogens (tertiary/aromatic N) is 4. The molecule has 4 rings (SSSR count). The summed E-state index contributed by atoms with van der Waals surface area (Å²) in [7, 11) is 0. The normalized spacial score (nSPS) is 14.6. The third-order valence-corrected chi connectivity index (χ3v) is 4.84. The maximum atomic E-state index is 12.4. The number of hydrogen-bond acceptors (Lipinski definition) is 6. The molecule has 0 spiro atoms. The van der Waals surface area contributed by atoms with Gasteiger partial charge in [0.05, 0.1) is 5.75 Å². The summed E-state index contributed by atoms with van der Waals surface area (Å²) in [4.78, 5) is 22.4. The summed E-state index contributed by atoms with van der Waals surface area (Å²) in [6, 6.07) is 7.53. The second kappa shape index (κ2) is 6.48. The molecule has 122 valence electrons. The van der Waals surface area contributed by atoms with Crippen LogP contribution in [-0.2, 0) is 5.75 Å². The third-order valence-electron chi connectivity index (χ3n) is 3.94. The van der Waals surface area contributed by atoms with Crippen molar-refractivity contribution in [2.24, 2.45) is 0 Å². The predicted molar refractivity (Wildman–Crippen MR) is 87.5 cm³/mol. The van der Waals surface area contributed by atoms with E-state index in [0.717, 1.165) is 10.9 Å². The van der Waals surface area contributed by atoms with Crippen molar-refractivity contribution in [2.45, 2.75) is 16.8 Å². The van der Waals surface area contributed by atoms with E-state index in [4.69, 9.17) is 4.42 Å². The van der Waals surface area contributed by atoms with E-state index in [-0.39, 0.29) is 5.91 Å². The molecule has 7 nitrogen and oxygen atoms in total. The molecule has 1 aliphatic rings. The Morgan fingerprint density at radius 2 is 2.29 bits per heavy atom. The Bertz CT molecular complexity index is 812. The van der Waals surface area contributed by atoms with E-state index in [0.29, 0.717) is 30.5 Å². The van der Waals surface area contributed by atoms with E-state index in [9.17, 15) is 4.79 Å². The lowest BCUT2D eigenvalue weighted by molar-refractivity contribution is 0.0568. The van der Waals surface area contributed by atoms with Gasteiger partial charge in [0.2, 0.25) is 0 Å². The van der Waals surface area contributed by atoms with Crippen molar-refractivity contribution in [1.29, 1.82) is 0 Å². The Hall–Kier alpha value is -2.61. The van der Waals surface area contributed by atoms with Gasteiger partial charge in [-0.15, -0.1) is 0 Å². The van der Waals surface area contributed by atoms with Crippen LogP contribution in [0, 0.1) is 0 Å². The lowest BCUT2D eigenvalue weighted by Crippen LogP contribution is -2.48. The molecular weight excluding hydrogens is 326 g/mol. The van der Waals surface area contributed by atoms with Crippen LogP contribution in [0.4, 0.5) is 0 Å². The fraction of sp³-hybridized carbons (Fsp3) is 0.250. The SMILES string of the molecule is O=C(c1ccc(CSc2ncn[nH]2)o1)N1CC(c2cccnc2)C1. The zero-order valence-electron chi connectivity index (χ0n) is 12.8. The fourth-order valence-corrected chi connectivity index (χ4v) is 3.28. The van der Waals surface area contributed by atoms with Crippen LogP contribution in [0.15, 0.2) is 52.6 Å². The van der Waals surface area contributed by atoms with E-state index in [1.54, 1.807) is 17.2 Å². The Morgan fingerprint density at radius 3 is 3.04 bits per heavy atom. The molecule has 0 saturated carbocycles. The van der Waals surface area contributed by atoms with Gasteiger partial charge in [0.25, 0.3) is 5.91 Å². The van der Waals surface area contributed by atoms with Crippen LogP contribution >= 0.6 is 11.8 Å². The number of nitrogens with one attached hydrogen (secondary N) is 1. The van der Waals surface area contributed by atoms with Crippen molar-refractivity contribution in [3.8, 4) is 0 Å². The van der Waals surface area contributed by atoms with Crippen molar-refractivity contribution in [2.75, 3.05) is 13.1 Å². The van der Waals surface area contributed by atoms with Crippen molar-refractivity contribution in [3.05, 3.63) is 60.1 Å². The standard InChI is InChI=1S/C16H15N5O2S/c22-15(21-7-12(8-21)11-2-1-5-17-6-11)14-4-3-13(23-14)9-24-16-18-10-19-20-16/h1-6,10,12H,7-9H2,(H,18,19,20). The number of aromatic nitrogens is 4. The van der Waals surface area contributed by atoms with Crippen LogP contribution in [0.2, 0.25) is 0 Å². The lowest BCUT2D eigenvalue weighted by atomic mass is 9.92. The van der Waals surface area contributed by atoms with Gasteiger partial charge in [-0.1, -0.05) is 17.8 Å². The van der Waals surface area contributed by atoms with Crippen LogP contribution in [0.1, 0.15) is 27.8 Å². The van der Waals surface area contributed by atoms with E-state index >= 15 is 0 Å². The Labute approximate surface area is 142 Å². The molecule has 0 unspecified atom stereocenters. The maximum Gasteiger partial charge on any atom is 0.289 e. The van der Waals surface area contributed by atoms with Gasteiger partial charge in [0, 0.05) is 31.4 Å². The first kappa shape index (κ1) is 14.9. The van der Waals surface area contributed by atoms with Crippen LogP contribution in [0.3, 0.4) is 0 Å². The van der Waals surface area contributed by atoms with Gasteiger partial charge in [0.15, 0.2) is 10.9 Å². The molecule has 3 aromatic rings. The molecule has 1 saturated heterocycles. The van der Waals surface area contributed by atoms with Crippen molar-refractivity contribution >= 4 is 17.7 Å². The van der Waals surface area contributed by atoms with Crippen LogP contribution in [0.5, 0.6) is 0 Å². The van der Waals surface area contributed by atoms with Crippen LogP contribution < -0.4 is 0 Å². The minimum absolute atomic E-state index is 0.0638. The molecule has 0 radical (unpaired) electrons. The highest BCUT2D eigenvalue weighted by Gasteiger charge is 2.33. The largest absolute Gasteiger partial charge is 0.455 e. The highest BCUT2D eigenvalue weighted by atomic mass is 32.2. The molecule has 3 aromatic heterocycles. The van der Waals surface area contributed by atoms with Gasteiger partial charge >= 0.3 is 0 Å². The highest BCUT2D eigenvalue weighted by Crippen LogP contribution is 2.28. The van der Waals surface area contributed by atoms with Gasteiger partial charge in [-0.05, 0) is 23.8 Å². The summed E-state index contributed by atoms with van der Waals surface area (Å²) >= 11 is 1.48. The number of carbonyl (C=O) groups is 1. The molecule has 4 heterocycles. The van der Waals surface area contributed by atoms with Crippen molar-refractivity contribution < 1.29 is 9.21 Å². The zero-order chi connectivity index (χ0) is 16.4. The highest BCUT2D eigenvalue weighted by molar-refractivity contribution is 7.98. The average molecular weight is 341 g/mol. The van der Waals surface area contributed by atoms with Gasteiger partial charge in [0.1, 0.15) is 12.1 Å². The summed E-state index contributed by atoms with van der Waals surface area (Å²) in [5.41, 5.74) is 1.17. The van der Waals surface area contributed by atoms with Crippen molar-refractivity contribution in [3.63, 3.8) is 0 Å². The molecule has 0 atom stereocenters. The second-order valence-corrected chi connectivity index (χ2v) is 6.50. The number of amides is 1. The van der Waals surface area contributed by atoms with E-state index in [2.05, 4.69) is 20.2 Å². The molecular formula is C16H15N5O2S. The van der Waals surface area contributed by atoms with E-state index < -0.39 is 0 Å². The van der Waals surface area contributed by atoms with Gasteiger partial charge < -0.3 is 9.32 Å². The number of rotatable bonds is 5. The van der Waals surface area contributed by atoms with Crippen molar-refractivity contribution in [1.82, 2.24) is 25.1 Å². The molecule has 0 aromatic carbocycles. The monoisotopic (exact) mass is 341 g/mol. The lowest BCUT2D eigenvalue weighted by Gasteiger charge is -2.38. The van der Waals surface area contributed by atoms with E-state index in [1.807, 2.05) is 24.4 Å². The first-order valence-corrected chi connectivity index (χ1v) is 8.54. The van der Waals surface area contributed by atoms with Gasteiger partial charge in [-0.3, -0.25) is 14.9 Å². The minimum Gasteiger partial charge on any atom is -0.455 e. The van der Waals surface area contributed by atoms with E-state index in [1.165, 1.54) is 23.7 Å². The summed E-state index contributed by atoms with van der Waals surface area (Å²) in [5, 5.41) is 7.29. The molecule has 8 heteroatoms. The molecule has 1 aliphatic heterocycles. The first-order chi connectivity index (χ1) is 11.8. The predicted octanol–water partition coefficient (Wildman–Crippen LogP) is 2.32. The Kier molecular flexibility index (Phi) is 4.04. The fourth-order valence-electron chi connectivity index (χ4n) is 2.60. The minimum atomic E-state index is -0.0638. The Balaban J connectivity index is 1.33. The number of furan rings is 1. The number of likely N-dealkylation sites (tertiary alicyclic amines) is 1. The number of pyridine rings is 1. The van der Waals surface area contributed by atoms with Gasteiger partial charge in [-0.2, -0.15) is 5.10 Å². The molecule has 24 heavy (non-hydrogen) atoms. The number of thioether (sulfide) groups is 1. The molecule has 0 bridgehead atoms. The molecule has 0 aliphatic carbocycles. The summed E-state index contributed by atoms with van der Waals surface area (Å²) in [5.74, 6) is 2.02. The maximum absolute atomic E-state index is 12.4. The Morgan fingerprint density at radius 1 is 1.38 bits per heavy atom. The molecule has 1 fully saturated rings. The third kappa shape index (κ3) is 3.05. The second-order valence-electron chi connectivity index (χ2n) is 5.54. The number of carbonyl (C=O) groups excluding carboxylic acids is 1. The average Bonchev–Trinajstić information content (AvgIpc) is 3.24. The smallest absolute Gasteiger partial charge is 0.289 e. The zero-order valence-corrected chi connectivity index (χ0v) is 13.6. The number of hydrogen-bond donors (Lipinski definition) is 1. The summed E-state index contributed by atoms with van der Waals surface area (Å²) < 4.78 is 5.66. The molecule has 1 amide bonds. The molecule has 1 N–H and O–H groups in total. The quantitative estimate of drug-likeness (QED) is 0.717. The van der Waals surface area contributed by atoms with Crippen LogP contribution in [-0.4, -0.2) is 44.1 Å². The summed E-state index contributed by atoms with van der Waals surface area (Å²) in [6.45, 7) is 1.40. The first-order valence-electron chi connectivity index (χ1n) is 7.55. The topological polar surface area (TPSA) is 87.9 Å². The van der Waals surface area contributed by atoms with Gasteiger partial charge in [-0.25, -0.2) is 4.98 Å².